The molecule has 0 aromatic heterocycles. The van der Waals surface area contributed by atoms with Crippen molar-refractivity contribution in [3.05, 3.63) is 0 Å². The summed E-state index contributed by atoms with van der Waals surface area (Å²) in [5.74, 6) is -0.900. The number of carbonyl (C=O) groups excluding carboxylic acids is 1. The molecule has 168 valence electrons. The SMILES string of the molecule is CCCCCCCCN(CCCCCCCC)C(CCC)CCCCC(=O)[O-].[Li+]. The van der Waals surface area contributed by atoms with Crippen LogP contribution in [0.15, 0.2) is 0 Å². The average molecular weight is 404 g/mol. The Morgan fingerprint density at radius 3 is 1.59 bits per heavy atom. The molecule has 1 unspecified atom stereocenters. The van der Waals surface area contributed by atoms with Crippen LogP contribution >= 0.6 is 0 Å². The second-order valence-corrected chi connectivity index (χ2v) is 8.63. The second kappa shape index (κ2) is 24.3. The number of hydrogen-bond donors (Lipinski definition) is 0. The van der Waals surface area contributed by atoms with Gasteiger partial charge >= 0.3 is 18.9 Å². The average Bonchev–Trinajstić information content (AvgIpc) is 2.68. The molecule has 1 atom stereocenters. The standard InChI is InChI=1S/C25H51NO2.Li/c1-4-7-9-11-13-17-22-26(23-18-14-12-10-8-5-2)24(19-6-3)20-15-16-21-25(27)28;/h24H,4-23H2,1-3H3,(H,27,28);/q;+1/p-1. The van der Waals surface area contributed by atoms with Gasteiger partial charge in [0.25, 0.3) is 0 Å². The summed E-state index contributed by atoms with van der Waals surface area (Å²) in [4.78, 5) is 13.4. The zero-order valence-corrected chi connectivity index (χ0v) is 20.5. The summed E-state index contributed by atoms with van der Waals surface area (Å²) >= 11 is 0. The maximum Gasteiger partial charge on any atom is 1.00 e. The first-order chi connectivity index (χ1) is 13.7. The van der Waals surface area contributed by atoms with E-state index in [4.69, 9.17) is 0 Å². The molecule has 0 aromatic carbocycles. The summed E-state index contributed by atoms with van der Waals surface area (Å²) < 4.78 is 0. The van der Waals surface area contributed by atoms with E-state index in [1.54, 1.807) is 0 Å². The molecule has 0 rings (SSSR count). The number of hydrogen-bond acceptors (Lipinski definition) is 3. The van der Waals surface area contributed by atoms with E-state index in [1.807, 2.05) is 0 Å². The molecule has 0 aliphatic heterocycles. The molecule has 0 saturated heterocycles. The maximum absolute atomic E-state index is 10.7. The van der Waals surface area contributed by atoms with Crippen molar-refractivity contribution < 1.29 is 28.8 Å². The van der Waals surface area contributed by atoms with Crippen molar-refractivity contribution in [2.75, 3.05) is 13.1 Å². The van der Waals surface area contributed by atoms with Crippen molar-refractivity contribution >= 4 is 5.97 Å². The molecule has 0 saturated carbocycles. The fourth-order valence-corrected chi connectivity index (χ4v) is 4.16. The molecule has 0 heterocycles. The molecule has 0 spiro atoms. The summed E-state index contributed by atoms with van der Waals surface area (Å²) in [7, 11) is 0. The Morgan fingerprint density at radius 2 is 1.14 bits per heavy atom. The molecule has 0 aliphatic rings. The maximum atomic E-state index is 10.7. The van der Waals surface area contributed by atoms with Crippen LogP contribution in [0.25, 0.3) is 0 Å². The van der Waals surface area contributed by atoms with Gasteiger partial charge in [0.2, 0.25) is 0 Å². The van der Waals surface area contributed by atoms with E-state index in [2.05, 4.69) is 25.7 Å². The van der Waals surface area contributed by atoms with Crippen molar-refractivity contribution in [3.63, 3.8) is 0 Å². The number of unbranched alkanes of at least 4 members (excludes halogenated alkanes) is 11. The van der Waals surface area contributed by atoms with Gasteiger partial charge in [0.15, 0.2) is 0 Å². The molecule has 29 heavy (non-hydrogen) atoms. The molecule has 3 nitrogen and oxygen atoms in total. The van der Waals surface area contributed by atoms with E-state index in [0.29, 0.717) is 6.04 Å². The van der Waals surface area contributed by atoms with Crippen LogP contribution in [0.5, 0.6) is 0 Å². The van der Waals surface area contributed by atoms with Gasteiger partial charge in [-0.25, -0.2) is 0 Å². The molecule has 4 heteroatoms. The van der Waals surface area contributed by atoms with Crippen molar-refractivity contribution in [1.29, 1.82) is 0 Å². The minimum absolute atomic E-state index is 0. The molecule has 0 bridgehead atoms. The number of carboxylic acid groups (broad SMARTS) is 1. The third kappa shape index (κ3) is 21.1. The topological polar surface area (TPSA) is 43.4 Å². The number of nitrogens with zero attached hydrogens (tertiary/aromatic N) is 1. The Kier molecular flexibility index (Phi) is 26.2. The summed E-state index contributed by atoms with van der Waals surface area (Å²) in [6, 6.07) is 0.637. The van der Waals surface area contributed by atoms with Crippen LogP contribution in [0.4, 0.5) is 0 Å². The van der Waals surface area contributed by atoms with Crippen molar-refractivity contribution in [1.82, 2.24) is 4.90 Å². The molecular weight excluding hydrogens is 353 g/mol. The van der Waals surface area contributed by atoms with Crippen LogP contribution in [0.2, 0.25) is 0 Å². The monoisotopic (exact) mass is 403 g/mol. The van der Waals surface area contributed by atoms with Crippen LogP contribution in [-0.4, -0.2) is 30.0 Å². The zero-order valence-electron chi connectivity index (χ0n) is 20.5. The first-order valence-corrected chi connectivity index (χ1v) is 12.6. The van der Waals surface area contributed by atoms with Gasteiger partial charge < -0.3 is 14.8 Å². The Bertz CT molecular complexity index is 323. The molecule has 0 N–H and O–H groups in total. The van der Waals surface area contributed by atoms with E-state index >= 15 is 0 Å². The predicted molar refractivity (Wildman–Crippen MR) is 120 cm³/mol. The molecule has 0 fully saturated rings. The van der Waals surface area contributed by atoms with Gasteiger partial charge in [0.05, 0.1) is 0 Å². The van der Waals surface area contributed by atoms with E-state index < -0.39 is 5.97 Å². The fraction of sp³-hybridized carbons (Fsp3) is 0.960. The van der Waals surface area contributed by atoms with Crippen LogP contribution in [0.3, 0.4) is 0 Å². The van der Waals surface area contributed by atoms with Gasteiger partial charge in [-0.3, -0.25) is 0 Å². The van der Waals surface area contributed by atoms with Gasteiger partial charge in [0.1, 0.15) is 0 Å². The Labute approximate surface area is 195 Å². The minimum atomic E-state index is -0.900. The first-order valence-electron chi connectivity index (χ1n) is 12.6. The summed E-state index contributed by atoms with van der Waals surface area (Å²) in [5.41, 5.74) is 0. The van der Waals surface area contributed by atoms with Crippen LogP contribution in [0.1, 0.15) is 136 Å². The fourth-order valence-electron chi connectivity index (χ4n) is 4.16. The van der Waals surface area contributed by atoms with Gasteiger partial charge in [-0.1, -0.05) is 97.8 Å². The quantitative estimate of drug-likeness (QED) is 0.205. The number of aliphatic carboxylic acids is 1. The predicted octanol–water partition coefficient (Wildman–Crippen LogP) is 3.49. The minimum Gasteiger partial charge on any atom is -0.550 e. The van der Waals surface area contributed by atoms with Gasteiger partial charge in [-0.15, -0.1) is 0 Å². The molecule has 0 aromatic rings. The Hall–Kier alpha value is 0.0274. The Morgan fingerprint density at radius 1 is 0.655 bits per heavy atom. The number of rotatable bonds is 22. The van der Waals surface area contributed by atoms with E-state index in [0.717, 1.165) is 19.3 Å². The van der Waals surface area contributed by atoms with Gasteiger partial charge in [0, 0.05) is 12.0 Å². The third-order valence-electron chi connectivity index (χ3n) is 5.90. The number of carbonyl (C=O) groups is 1. The van der Waals surface area contributed by atoms with Crippen LogP contribution in [-0.2, 0) is 4.79 Å². The Balaban J connectivity index is 0. The van der Waals surface area contributed by atoms with Crippen LogP contribution in [0, 0.1) is 0 Å². The van der Waals surface area contributed by atoms with E-state index in [-0.39, 0.29) is 25.3 Å². The summed E-state index contributed by atoms with van der Waals surface area (Å²) in [5, 5.41) is 10.7. The van der Waals surface area contributed by atoms with Gasteiger partial charge in [-0.05, 0) is 51.6 Å². The van der Waals surface area contributed by atoms with E-state index in [1.165, 1.54) is 103 Å². The van der Waals surface area contributed by atoms with Gasteiger partial charge in [-0.2, -0.15) is 0 Å². The van der Waals surface area contributed by atoms with Crippen molar-refractivity contribution in [2.24, 2.45) is 0 Å². The summed E-state index contributed by atoms with van der Waals surface area (Å²) in [6.45, 7) is 9.29. The third-order valence-corrected chi connectivity index (χ3v) is 5.90. The first kappa shape index (κ1) is 31.2. The molecule has 0 amide bonds. The van der Waals surface area contributed by atoms with E-state index in [9.17, 15) is 9.90 Å². The van der Waals surface area contributed by atoms with Crippen LogP contribution < -0.4 is 24.0 Å². The number of carboxylic acids is 1. The molecule has 0 radical (unpaired) electrons. The zero-order chi connectivity index (χ0) is 20.9. The smallest absolute Gasteiger partial charge is 0.550 e. The normalized spacial score (nSPS) is 12.1. The molecule has 0 aliphatic carbocycles. The second-order valence-electron chi connectivity index (χ2n) is 8.63. The van der Waals surface area contributed by atoms with Crippen molar-refractivity contribution in [2.45, 2.75) is 142 Å². The molecular formula is C25H50LiNO2. The summed E-state index contributed by atoms with van der Waals surface area (Å²) in [6.07, 6.45) is 21.9. The van der Waals surface area contributed by atoms with Crippen molar-refractivity contribution in [3.8, 4) is 0 Å². The largest absolute Gasteiger partial charge is 1.00 e.